The maximum Gasteiger partial charge on any atom is 0.241 e. The standard InChI is InChI=1S/C13H16N2O3S2/c1-9-13(8-12(19-9)11-6-7-14-18-11)20(16,17)15-10-4-2-3-5-10/h6-8,10,15H,2-5H2,1H3. The number of thiophene rings is 1. The van der Waals surface area contributed by atoms with Crippen molar-refractivity contribution < 1.29 is 12.9 Å². The molecule has 3 rings (SSSR count). The van der Waals surface area contributed by atoms with Crippen LogP contribution in [0.2, 0.25) is 0 Å². The smallest absolute Gasteiger partial charge is 0.241 e. The molecule has 108 valence electrons. The summed E-state index contributed by atoms with van der Waals surface area (Å²) in [5.41, 5.74) is 0. The third kappa shape index (κ3) is 2.65. The lowest BCUT2D eigenvalue weighted by Gasteiger charge is -2.11. The molecular weight excluding hydrogens is 296 g/mol. The monoisotopic (exact) mass is 312 g/mol. The fourth-order valence-corrected chi connectivity index (χ4v) is 5.38. The normalized spacial score (nSPS) is 16.9. The summed E-state index contributed by atoms with van der Waals surface area (Å²) in [6, 6.07) is 3.47. The molecule has 2 aromatic heterocycles. The second-order valence-corrected chi connectivity index (χ2v) is 7.95. The van der Waals surface area contributed by atoms with E-state index in [2.05, 4.69) is 9.88 Å². The highest BCUT2D eigenvalue weighted by atomic mass is 32.2. The van der Waals surface area contributed by atoms with Crippen molar-refractivity contribution in [3.63, 3.8) is 0 Å². The molecule has 0 atom stereocenters. The summed E-state index contributed by atoms with van der Waals surface area (Å²) in [6.45, 7) is 1.81. The van der Waals surface area contributed by atoms with Crippen LogP contribution in [-0.4, -0.2) is 19.6 Å². The van der Waals surface area contributed by atoms with Crippen molar-refractivity contribution >= 4 is 21.4 Å². The van der Waals surface area contributed by atoms with Crippen LogP contribution in [0.15, 0.2) is 27.7 Å². The molecule has 0 radical (unpaired) electrons. The molecule has 1 aliphatic rings. The predicted octanol–water partition coefficient (Wildman–Crippen LogP) is 2.93. The first kappa shape index (κ1) is 13.8. The molecule has 1 saturated carbocycles. The number of nitrogens with zero attached hydrogens (tertiary/aromatic N) is 1. The number of hydrogen-bond donors (Lipinski definition) is 1. The molecule has 20 heavy (non-hydrogen) atoms. The second kappa shape index (κ2) is 5.31. The molecule has 2 heterocycles. The van der Waals surface area contributed by atoms with E-state index in [9.17, 15) is 8.42 Å². The van der Waals surface area contributed by atoms with Crippen molar-refractivity contribution in [2.45, 2.75) is 43.5 Å². The quantitative estimate of drug-likeness (QED) is 0.942. The minimum atomic E-state index is -3.45. The van der Waals surface area contributed by atoms with Crippen LogP contribution in [0.4, 0.5) is 0 Å². The molecule has 0 spiro atoms. The fourth-order valence-electron chi connectivity index (χ4n) is 2.52. The topological polar surface area (TPSA) is 72.2 Å². The maximum atomic E-state index is 12.4. The van der Waals surface area contributed by atoms with Gasteiger partial charge in [0.15, 0.2) is 5.76 Å². The fraction of sp³-hybridized carbons (Fsp3) is 0.462. The molecule has 0 aromatic carbocycles. The summed E-state index contributed by atoms with van der Waals surface area (Å²) < 4.78 is 32.8. The van der Waals surface area contributed by atoms with Crippen LogP contribution in [0, 0.1) is 6.92 Å². The van der Waals surface area contributed by atoms with Gasteiger partial charge in [-0.25, -0.2) is 13.1 Å². The van der Waals surface area contributed by atoms with E-state index < -0.39 is 10.0 Å². The number of sulfonamides is 1. The number of aromatic nitrogens is 1. The van der Waals surface area contributed by atoms with E-state index in [-0.39, 0.29) is 6.04 Å². The van der Waals surface area contributed by atoms with Gasteiger partial charge in [0.05, 0.1) is 16.0 Å². The molecule has 0 aliphatic heterocycles. The molecule has 5 nitrogen and oxygen atoms in total. The zero-order valence-corrected chi connectivity index (χ0v) is 12.8. The Morgan fingerprint density at radius 1 is 1.40 bits per heavy atom. The van der Waals surface area contributed by atoms with Gasteiger partial charge >= 0.3 is 0 Å². The molecule has 0 amide bonds. The molecule has 0 bridgehead atoms. The van der Waals surface area contributed by atoms with Gasteiger partial charge in [0.1, 0.15) is 0 Å². The first-order valence-corrected chi connectivity index (χ1v) is 8.90. The molecule has 0 saturated heterocycles. The van der Waals surface area contributed by atoms with Crippen molar-refractivity contribution in [2.24, 2.45) is 0 Å². The van der Waals surface area contributed by atoms with Crippen molar-refractivity contribution in [1.29, 1.82) is 0 Å². The summed E-state index contributed by atoms with van der Waals surface area (Å²) in [4.78, 5) is 1.90. The Kier molecular flexibility index (Phi) is 3.66. The summed E-state index contributed by atoms with van der Waals surface area (Å²) >= 11 is 1.40. The molecular formula is C13H16N2O3S2. The Morgan fingerprint density at radius 2 is 2.15 bits per heavy atom. The van der Waals surface area contributed by atoms with Gasteiger partial charge in [0, 0.05) is 17.0 Å². The zero-order chi connectivity index (χ0) is 14.2. The van der Waals surface area contributed by atoms with Crippen molar-refractivity contribution in [2.75, 3.05) is 0 Å². The number of hydrogen-bond acceptors (Lipinski definition) is 5. The van der Waals surface area contributed by atoms with E-state index in [0.29, 0.717) is 10.7 Å². The van der Waals surface area contributed by atoms with E-state index in [1.807, 2.05) is 6.92 Å². The lowest BCUT2D eigenvalue weighted by atomic mass is 10.3. The zero-order valence-electron chi connectivity index (χ0n) is 11.1. The molecule has 1 N–H and O–H groups in total. The Bertz CT molecular complexity index is 683. The van der Waals surface area contributed by atoms with Crippen molar-refractivity contribution in [3.8, 4) is 10.6 Å². The van der Waals surface area contributed by atoms with E-state index in [1.165, 1.54) is 11.3 Å². The third-order valence-corrected chi connectivity index (χ3v) is 6.36. The molecule has 1 aliphatic carbocycles. The van der Waals surface area contributed by atoms with Gasteiger partial charge in [-0.2, -0.15) is 0 Å². The van der Waals surface area contributed by atoms with E-state index in [1.54, 1.807) is 18.3 Å². The largest absolute Gasteiger partial charge is 0.355 e. The van der Waals surface area contributed by atoms with Gasteiger partial charge in [-0.15, -0.1) is 11.3 Å². The SMILES string of the molecule is Cc1sc(-c2ccno2)cc1S(=O)(=O)NC1CCCC1. The average molecular weight is 312 g/mol. The van der Waals surface area contributed by atoms with Crippen LogP contribution in [0.3, 0.4) is 0 Å². The molecule has 7 heteroatoms. The van der Waals surface area contributed by atoms with Crippen LogP contribution in [0.1, 0.15) is 30.6 Å². The number of nitrogens with one attached hydrogen (secondary N) is 1. The highest BCUT2D eigenvalue weighted by molar-refractivity contribution is 7.89. The molecule has 1 fully saturated rings. The van der Waals surface area contributed by atoms with Crippen LogP contribution < -0.4 is 4.72 Å². The van der Waals surface area contributed by atoms with E-state index in [0.717, 1.165) is 35.4 Å². The van der Waals surface area contributed by atoms with Crippen LogP contribution in [0.25, 0.3) is 10.6 Å². The maximum absolute atomic E-state index is 12.4. The van der Waals surface area contributed by atoms with Crippen LogP contribution in [0.5, 0.6) is 0 Å². The van der Waals surface area contributed by atoms with E-state index >= 15 is 0 Å². The lowest BCUT2D eigenvalue weighted by molar-refractivity contribution is 0.433. The van der Waals surface area contributed by atoms with Crippen molar-refractivity contribution in [1.82, 2.24) is 9.88 Å². The highest BCUT2D eigenvalue weighted by Gasteiger charge is 2.26. The second-order valence-electron chi connectivity index (χ2n) is 5.01. The molecule has 2 aromatic rings. The number of rotatable bonds is 4. The Balaban J connectivity index is 1.89. The van der Waals surface area contributed by atoms with Crippen LogP contribution in [-0.2, 0) is 10.0 Å². The van der Waals surface area contributed by atoms with Gasteiger partial charge in [0.25, 0.3) is 0 Å². The summed E-state index contributed by atoms with van der Waals surface area (Å²) in [7, 11) is -3.45. The Morgan fingerprint density at radius 3 is 2.80 bits per heavy atom. The van der Waals surface area contributed by atoms with E-state index in [4.69, 9.17) is 4.52 Å². The van der Waals surface area contributed by atoms with Crippen LogP contribution >= 0.6 is 11.3 Å². The van der Waals surface area contributed by atoms with Gasteiger partial charge < -0.3 is 4.52 Å². The summed E-state index contributed by atoms with van der Waals surface area (Å²) in [5, 5.41) is 3.65. The van der Waals surface area contributed by atoms with Gasteiger partial charge in [-0.3, -0.25) is 0 Å². The van der Waals surface area contributed by atoms with Gasteiger partial charge in [-0.05, 0) is 25.8 Å². The summed E-state index contributed by atoms with van der Waals surface area (Å²) in [6.07, 6.45) is 5.60. The predicted molar refractivity (Wildman–Crippen MR) is 77.1 cm³/mol. The summed E-state index contributed by atoms with van der Waals surface area (Å²) in [5.74, 6) is 0.598. The Hall–Kier alpha value is -1.18. The Labute approximate surface area is 122 Å². The molecule has 0 unspecified atom stereocenters. The van der Waals surface area contributed by atoms with Gasteiger partial charge in [0.2, 0.25) is 10.0 Å². The average Bonchev–Trinajstić information content (AvgIpc) is 3.06. The first-order valence-electron chi connectivity index (χ1n) is 6.60. The van der Waals surface area contributed by atoms with Crippen molar-refractivity contribution in [3.05, 3.63) is 23.2 Å². The third-order valence-electron chi connectivity index (χ3n) is 3.52. The first-order chi connectivity index (χ1) is 9.56. The minimum absolute atomic E-state index is 0.0769. The minimum Gasteiger partial charge on any atom is -0.355 e. The lowest BCUT2D eigenvalue weighted by Crippen LogP contribution is -2.32. The van der Waals surface area contributed by atoms with Gasteiger partial charge in [-0.1, -0.05) is 18.0 Å². The highest BCUT2D eigenvalue weighted by Crippen LogP contribution is 2.33. The number of aryl methyl sites for hydroxylation is 1.